The van der Waals surface area contributed by atoms with Crippen LogP contribution in [-0.2, 0) is 21.0 Å². The average Bonchev–Trinajstić information content (AvgIpc) is 3.21. The average molecular weight is 491 g/mol. The van der Waals surface area contributed by atoms with Crippen LogP contribution < -0.4 is 14.8 Å². The third-order valence-electron chi connectivity index (χ3n) is 5.33. The molecule has 0 atom stereocenters. The number of benzene rings is 2. The molecule has 2 aromatic carbocycles. The summed E-state index contributed by atoms with van der Waals surface area (Å²) in [6.07, 6.45) is -4.54. The molecule has 0 radical (unpaired) electrons. The lowest BCUT2D eigenvalue weighted by atomic mass is 9.97. The smallest absolute Gasteiger partial charge is 0.417 e. The van der Waals surface area contributed by atoms with Crippen LogP contribution in [0.1, 0.15) is 18.4 Å². The van der Waals surface area contributed by atoms with Crippen LogP contribution in [-0.4, -0.2) is 38.5 Å². The number of nitrogens with one attached hydrogen (secondary N) is 1. The molecule has 2 aliphatic rings. The molecule has 0 aromatic heterocycles. The van der Waals surface area contributed by atoms with E-state index in [1.807, 2.05) is 0 Å². The fourth-order valence-corrected chi connectivity index (χ4v) is 5.50. The molecule has 0 aliphatic carbocycles. The normalized spacial score (nSPS) is 17.4. The highest BCUT2D eigenvalue weighted by molar-refractivity contribution is 7.89. The van der Waals surface area contributed by atoms with Crippen LogP contribution in [0.25, 0.3) is 0 Å². The topological polar surface area (TPSA) is 84.9 Å². The van der Waals surface area contributed by atoms with E-state index in [4.69, 9.17) is 21.1 Å². The summed E-state index contributed by atoms with van der Waals surface area (Å²) in [4.78, 5) is 11.8. The summed E-state index contributed by atoms with van der Waals surface area (Å²) in [7, 11) is -4.41. The van der Waals surface area contributed by atoms with Crippen molar-refractivity contribution in [2.75, 3.05) is 25.2 Å². The number of fused-ring (bicyclic) bond motifs is 1. The van der Waals surface area contributed by atoms with Gasteiger partial charge in [-0.05, 0) is 43.2 Å². The zero-order valence-electron chi connectivity index (χ0n) is 16.5. The Morgan fingerprint density at radius 1 is 1.06 bits per heavy atom. The number of rotatable bonds is 4. The van der Waals surface area contributed by atoms with Crippen LogP contribution in [0.4, 0.5) is 18.9 Å². The van der Waals surface area contributed by atoms with Crippen molar-refractivity contribution in [3.8, 4) is 11.5 Å². The van der Waals surface area contributed by atoms with Crippen LogP contribution in [0.3, 0.4) is 0 Å². The minimum absolute atomic E-state index is 0.0819. The van der Waals surface area contributed by atoms with Crippen molar-refractivity contribution in [1.29, 1.82) is 0 Å². The maximum atomic E-state index is 13.4. The molecule has 32 heavy (non-hydrogen) atoms. The first-order valence-electron chi connectivity index (χ1n) is 9.63. The van der Waals surface area contributed by atoms with Crippen molar-refractivity contribution in [2.24, 2.45) is 5.92 Å². The van der Waals surface area contributed by atoms with Gasteiger partial charge in [0.2, 0.25) is 22.7 Å². The van der Waals surface area contributed by atoms with Crippen LogP contribution in [0.5, 0.6) is 11.5 Å². The van der Waals surface area contributed by atoms with Gasteiger partial charge in [0.15, 0.2) is 11.5 Å². The summed E-state index contributed by atoms with van der Waals surface area (Å²) in [6.45, 7) is -0.0632. The summed E-state index contributed by atoms with van der Waals surface area (Å²) in [6, 6.07) is 7.51. The highest BCUT2D eigenvalue weighted by Crippen LogP contribution is 2.38. The Balaban J connectivity index is 1.44. The molecule has 0 bridgehead atoms. The lowest BCUT2D eigenvalue weighted by molar-refractivity contribution is -0.139. The number of anilines is 1. The summed E-state index contributed by atoms with van der Waals surface area (Å²) in [5, 5.41) is 2.54. The lowest BCUT2D eigenvalue weighted by Gasteiger charge is -2.31. The molecule has 4 rings (SSSR count). The van der Waals surface area contributed by atoms with Crippen molar-refractivity contribution >= 4 is 33.2 Å². The maximum Gasteiger partial charge on any atom is 0.417 e. The number of piperidine rings is 1. The van der Waals surface area contributed by atoms with Crippen molar-refractivity contribution in [1.82, 2.24) is 4.31 Å². The van der Waals surface area contributed by atoms with E-state index in [9.17, 15) is 26.4 Å². The van der Waals surface area contributed by atoms with Crippen molar-refractivity contribution in [3.05, 3.63) is 47.0 Å². The Hall–Kier alpha value is -2.50. The Morgan fingerprint density at radius 2 is 1.75 bits per heavy atom. The van der Waals surface area contributed by atoms with E-state index in [1.165, 1.54) is 0 Å². The Labute approximate surface area is 187 Å². The first-order valence-corrected chi connectivity index (χ1v) is 11.4. The maximum absolute atomic E-state index is 13.4. The number of sulfonamides is 1. The molecule has 2 heterocycles. The number of hydrogen-bond donors (Lipinski definition) is 1. The van der Waals surface area contributed by atoms with Crippen LogP contribution in [0, 0.1) is 5.92 Å². The predicted octanol–water partition coefficient (Wildman–Crippen LogP) is 4.13. The zero-order valence-corrected chi connectivity index (χ0v) is 18.1. The van der Waals surface area contributed by atoms with Gasteiger partial charge in [-0.1, -0.05) is 11.6 Å². The number of carbonyl (C=O) groups excluding carboxylic acids is 1. The molecular weight excluding hydrogens is 473 g/mol. The molecule has 2 aliphatic heterocycles. The number of alkyl halides is 3. The van der Waals surface area contributed by atoms with E-state index >= 15 is 0 Å². The second kappa shape index (κ2) is 8.45. The van der Waals surface area contributed by atoms with Crippen molar-refractivity contribution < 1.29 is 35.9 Å². The highest BCUT2D eigenvalue weighted by Gasteiger charge is 2.40. The van der Waals surface area contributed by atoms with E-state index in [2.05, 4.69) is 5.32 Å². The summed E-state index contributed by atoms with van der Waals surface area (Å²) in [5.41, 5.74) is -0.807. The molecule has 7 nitrogen and oxygen atoms in total. The number of ether oxygens (including phenoxy) is 2. The third kappa shape index (κ3) is 4.50. The summed E-state index contributed by atoms with van der Waals surface area (Å²) < 4.78 is 77.4. The van der Waals surface area contributed by atoms with Gasteiger partial charge in [0, 0.05) is 35.8 Å². The number of nitrogens with zero attached hydrogens (tertiary/aromatic N) is 1. The van der Waals surface area contributed by atoms with E-state index in [0.29, 0.717) is 23.3 Å². The molecule has 0 unspecified atom stereocenters. The lowest BCUT2D eigenvalue weighted by Crippen LogP contribution is -2.41. The van der Waals surface area contributed by atoms with Crippen LogP contribution in [0.15, 0.2) is 41.3 Å². The fourth-order valence-electron chi connectivity index (χ4n) is 3.66. The van der Waals surface area contributed by atoms with Gasteiger partial charge < -0.3 is 14.8 Å². The monoisotopic (exact) mass is 490 g/mol. The quantitative estimate of drug-likeness (QED) is 0.696. The molecule has 1 fully saturated rings. The van der Waals surface area contributed by atoms with Gasteiger partial charge >= 0.3 is 6.18 Å². The van der Waals surface area contributed by atoms with Crippen molar-refractivity contribution in [2.45, 2.75) is 23.9 Å². The molecule has 1 saturated heterocycles. The molecule has 12 heteroatoms. The SMILES string of the molecule is O=C(Nc1ccc2c(c1)OCO2)C1CCN(S(=O)(=O)c2ccc(Cl)cc2C(F)(F)F)CC1. The van der Waals surface area contributed by atoms with E-state index < -0.39 is 32.6 Å². The van der Waals surface area contributed by atoms with Gasteiger partial charge in [-0.25, -0.2) is 8.42 Å². The largest absolute Gasteiger partial charge is 0.454 e. The first kappa shape index (κ1) is 22.7. The van der Waals surface area contributed by atoms with Crippen LogP contribution >= 0.6 is 11.6 Å². The fraction of sp³-hybridized carbons (Fsp3) is 0.350. The van der Waals surface area contributed by atoms with Crippen molar-refractivity contribution in [3.63, 3.8) is 0 Å². The van der Waals surface area contributed by atoms with Gasteiger partial charge in [-0.15, -0.1) is 0 Å². The Bertz CT molecular complexity index is 1150. The third-order valence-corrected chi connectivity index (χ3v) is 7.52. The summed E-state index contributed by atoms with van der Waals surface area (Å²) in [5.74, 6) is 0.289. The van der Waals surface area contributed by atoms with Gasteiger partial charge in [0.1, 0.15) is 0 Å². The zero-order chi connectivity index (χ0) is 23.1. The van der Waals surface area contributed by atoms with Gasteiger partial charge in [0.05, 0.1) is 10.5 Å². The second-order valence-electron chi connectivity index (χ2n) is 7.37. The van der Waals surface area contributed by atoms with Gasteiger partial charge in [-0.2, -0.15) is 17.5 Å². The Kier molecular flexibility index (Phi) is 5.99. The summed E-state index contributed by atoms with van der Waals surface area (Å²) >= 11 is 5.64. The van der Waals surface area contributed by atoms with Crippen LogP contribution in [0.2, 0.25) is 5.02 Å². The van der Waals surface area contributed by atoms with E-state index in [0.717, 1.165) is 16.4 Å². The first-order chi connectivity index (χ1) is 15.1. The molecule has 1 amide bonds. The van der Waals surface area contributed by atoms with E-state index in [-0.39, 0.29) is 43.7 Å². The second-order valence-corrected chi connectivity index (χ2v) is 9.72. The number of hydrogen-bond acceptors (Lipinski definition) is 5. The predicted molar refractivity (Wildman–Crippen MR) is 109 cm³/mol. The van der Waals surface area contributed by atoms with Gasteiger partial charge in [0.25, 0.3) is 0 Å². The molecule has 0 spiro atoms. The van der Waals surface area contributed by atoms with E-state index in [1.54, 1.807) is 18.2 Å². The minimum Gasteiger partial charge on any atom is -0.454 e. The molecule has 1 N–H and O–H groups in total. The minimum atomic E-state index is -4.88. The van der Waals surface area contributed by atoms with Gasteiger partial charge in [-0.3, -0.25) is 4.79 Å². The number of amides is 1. The molecule has 172 valence electrons. The number of carbonyl (C=O) groups is 1. The Morgan fingerprint density at radius 3 is 2.44 bits per heavy atom. The number of halogens is 4. The molecule has 2 aromatic rings. The molecular formula is C20H18ClF3N2O5S. The highest BCUT2D eigenvalue weighted by atomic mass is 35.5. The molecule has 0 saturated carbocycles. The standard InChI is InChI=1S/C20H18ClF3N2O5S/c21-13-1-4-18(15(9-13)20(22,23)24)32(28,29)26-7-5-12(6-8-26)19(27)25-14-2-3-16-17(10-14)31-11-30-16/h1-4,9-10,12H,5-8,11H2,(H,25,27).